The summed E-state index contributed by atoms with van der Waals surface area (Å²) >= 11 is 0. The fourth-order valence-corrected chi connectivity index (χ4v) is 0.610. The molecule has 0 atom stereocenters. The van der Waals surface area contributed by atoms with Gasteiger partial charge in [0.1, 0.15) is 5.56 Å². The average molecular weight is 105 g/mol. The molecule has 0 unspecified atom stereocenters. The molecule has 40 valence electrons. The molecule has 0 fully saturated rings. The maximum atomic E-state index is 3.82. The zero-order chi connectivity index (χ0) is 5.98. The molecule has 0 heterocycles. The summed E-state index contributed by atoms with van der Waals surface area (Å²) in [5.74, 6) is 0. The zero-order valence-electron chi connectivity index (χ0n) is 5.02. The van der Waals surface area contributed by atoms with Crippen LogP contribution in [0.1, 0.15) is 11.1 Å². The van der Waals surface area contributed by atoms with Crippen molar-refractivity contribution in [1.29, 1.82) is 0 Å². The predicted molar refractivity (Wildman–Crippen MR) is 35.6 cm³/mol. The fraction of sp³-hybridized carbons (Fsp3) is 0.125. The molecule has 0 amide bonds. The minimum Gasteiger partial charge on any atom is -0.0354 e. The molecule has 0 heteroatoms. The average Bonchev–Trinajstić information content (AvgIpc) is 1.77. The summed E-state index contributed by atoms with van der Waals surface area (Å²) in [6.45, 7) is 5.88. The van der Waals surface area contributed by atoms with Crippen LogP contribution in [0.5, 0.6) is 0 Å². The lowest BCUT2D eigenvalue weighted by Crippen LogP contribution is -1.74. The molecule has 0 N–H and O–H groups in total. The van der Waals surface area contributed by atoms with Crippen molar-refractivity contribution in [2.75, 3.05) is 0 Å². The van der Waals surface area contributed by atoms with Crippen LogP contribution in [0, 0.1) is 13.8 Å². The summed E-state index contributed by atoms with van der Waals surface area (Å²) in [6, 6.07) is 8.08. The van der Waals surface area contributed by atoms with Gasteiger partial charge < -0.3 is 0 Å². The number of hydrogen-bond acceptors (Lipinski definition) is 0. The van der Waals surface area contributed by atoms with Crippen molar-refractivity contribution in [2.24, 2.45) is 0 Å². The highest BCUT2D eigenvalue weighted by Crippen LogP contribution is 2.02. The molecule has 0 spiro atoms. The SMILES string of the molecule is [CH2+]c1ccccc1C. The maximum Gasteiger partial charge on any atom is 0.129 e. The van der Waals surface area contributed by atoms with E-state index in [2.05, 4.69) is 19.9 Å². The highest BCUT2D eigenvalue weighted by Gasteiger charge is 1.94. The predicted octanol–water partition coefficient (Wildman–Crippen LogP) is 2.18. The first-order chi connectivity index (χ1) is 3.80. The Morgan fingerprint density at radius 3 is 2.25 bits per heavy atom. The van der Waals surface area contributed by atoms with E-state index >= 15 is 0 Å². The van der Waals surface area contributed by atoms with Gasteiger partial charge in [-0.05, 0) is 18.2 Å². The molecular weight excluding hydrogens is 96.1 g/mol. The molecule has 1 rings (SSSR count). The highest BCUT2D eigenvalue weighted by molar-refractivity contribution is 5.27. The Morgan fingerprint density at radius 2 is 1.88 bits per heavy atom. The standard InChI is InChI=1S/C8H9/c1-7-5-3-4-6-8(7)2/h3-6H,1H2,2H3/q+1. The van der Waals surface area contributed by atoms with Gasteiger partial charge in [-0.1, -0.05) is 0 Å². The Hall–Kier alpha value is -0.910. The first kappa shape index (κ1) is 5.23. The Balaban J connectivity index is 3.13. The molecular formula is C8H9+. The van der Waals surface area contributed by atoms with Crippen molar-refractivity contribution in [3.8, 4) is 0 Å². The Bertz CT molecular complexity index is 156. The van der Waals surface area contributed by atoms with Gasteiger partial charge in [0, 0.05) is 19.9 Å². The minimum atomic E-state index is 1.12. The van der Waals surface area contributed by atoms with Crippen LogP contribution < -0.4 is 0 Å². The van der Waals surface area contributed by atoms with Crippen molar-refractivity contribution in [2.45, 2.75) is 6.92 Å². The van der Waals surface area contributed by atoms with E-state index in [0.717, 1.165) is 5.56 Å². The van der Waals surface area contributed by atoms with Gasteiger partial charge in [-0.3, -0.25) is 0 Å². The monoisotopic (exact) mass is 105 g/mol. The van der Waals surface area contributed by atoms with Gasteiger partial charge in [0.15, 0.2) is 0 Å². The van der Waals surface area contributed by atoms with Crippen molar-refractivity contribution in [1.82, 2.24) is 0 Å². The van der Waals surface area contributed by atoms with Crippen LogP contribution in [0.15, 0.2) is 24.3 Å². The van der Waals surface area contributed by atoms with Crippen molar-refractivity contribution in [3.05, 3.63) is 42.3 Å². The summed E-state index contributed by atoms with van der Waals surface area (Å²) in [7, 11) is 0. The molecule has 0 aliphatic carbocycles. The van der Waals surface area contributed by atoms with Crippen LogP contribution in [0.4, 0.5) is 0 Å². The van der Waals surface area contributed by atoms with Crippen molar-refractivity contribution < 1.29 is 0 Å². The van der Waals surface area contributed by atoms with E-state index < -0.39 is 0 Å². The van der Waals surface area contributed by atoms with Crippen molar-refractivity contribution >= 4 is 0 Å². The Labute approximate surface area is 50.2 Å². The summed E-state index contributed by atoms with van der Waals surface area (Å²) in [4.78, 5) is 0. The topological polar surface area (TPSA) is 0 Å². The Kier molecular flexibility index (Phi) is 1.25. The van der Waals surface area contributed by atoms with Gasteiger partial charge in [0.05, 0.1) is 5.56 Å². The highest BCUT2D eigenvalue weighted by atomic mass is 13.9. The third-order valence-corrected chi connectivity index (χ3v) is 1.26. The minimum absolute atomic E-state index is 1.12. The van der Waals surface area contributed by atoms with E-state index in [1.165, 1.54) is 5.56 Å². The molecule has 1 aromatic rings. The van der Waals surface area contributed by atoms with Gasteiger partial charge in [0.2, 0.25) is 0 Å². The quantitative estimate of drug-likeness (QED) is 0.443. The molecule has 0 nitrogen and oxygen atoms in total. The number of benzene rings is 1. The molecule has 8 heavy (non-hydrogen) atoms. The zero-order valence-corrected chi connectivity index (χ0v) is 5.02. The summed E-state index contributed by atoms with van der Waals surface area (Å²) in [5.41, 5.74) is 2.38. The molecule has 0 aliphatic rings. The van der Waals surface area contributed by atoms with E-state index in [4.69, 9.17) is 0 Å². The van der Waals surface area contributed by atoms with E-state index in [1.54, 1.807) is 0 Å². The lowest BCUT2D eigenvalue weighted by Gasteiger charge is -1.83. The number of aryl methyl sites for hydroxylation is 1. The van der Waals surface area contributed by atoms with Gasteiger partial charge in [-0.25, -0.2) is 0 Å². The molecule has 0 bridgehead atoms. The largest absolute Gasteiger partial charge is 0.129 e. The molecule has 1 aromatic carbocycles. The molecule has 0 saturated carbocycles. The molecule has 0 aliphatic heterocycles. The van der Waals surface area contributed by atoms with Crippen LogP contribution in [-0.4, -0.2) is 0 Å². The van der Waals surface area contributed by atoms with Crippen LogP contribution in [-0.2, 0) is 0 Å². The van der Waals surface area contributed by atoms with Gasteiger partial charge >= 0.3 is 0 Å². The van der Waals surface area contributed by atoms with Gasteiger partial charge in [0.25, 0.3) is 0 Å². The van der Waals surface area contributed by atoms with Crippen LogP contribution in [0.3, 0.4) is 0 Å². The summed E-state index contributed by atoms with van der Waals surface area (Å²) in [5, 5.41) is 0. The second-order valence-electron chi connectivity index (χ2n) is 1.93. The van der Waals surface area contributed by atoms with Crippen LogP contribution in [0.25, 0.3) is 0 Å². The summed E-state index contributed by atoms with van der Waals surface area (Å²) in [6.07, 6.45) is 0. The van der Waals surface area contributed by atoms with Gasteiger partial charge in [-0.15, -0.1) is 0 Å². The second-order valence-corrected chi connectivity index (χ2v) is 1.93. The van der Waals surface area contributed by atoms with E-state index in [0.29, 0.717) is 0 Å². The smallest absolute Gasteiger partial charge is 0.0354 e. The van der Waals surface area contributed by atoms with Gasteiger partial charge in [-0.2, -0.15) is 0 Å². The lowest BCUT2D eigenvalue weighted by molar-refractivity contribution is 1.42. The maximum absolute atomic E-state index is 3.82. The number of rotatable bonds is 0. The lowest BCUT2D eigenvalue weighted by atomic mass is 10.1. The third-order valence-electron chi connectivity index (χ3n) is 1.26. The van der Waals surface area contributed by atoms with E-state index in [1.807, 2.05) is 18.2 Å². The number of hydrogen-bond donors (Lipinski definition) is 0. The van der Waals surface area contributed by atoms with Crippen LogP contribution >= 0.6 is 0 Å². The second kappa shape index (κ2) is 1.91. The molecule has 0 radical (unpaired) electrons. The normalized spacial score (nSPS) is 9.12. The molecule has 0 aromatic heterocycles. The van der Waals surface area contributed by atoms with Crippen molar-refractivity contribution in [3.63, 3.8) is 0 Å². The van der Waals surface area contributed by atoms with Crippen LogP contribution in [0.2, 0.25) is 0 Å². The Morgan fingerprint density at radius 1 is 1.25 bits per heavy atom. The third kappa shape index (κ3) is 0.836. The summed E-state index contributed by atoms with van der Waals surface area (Å²) < 4.78 is 0. The molecule has 0 saturated heterocycles. The van der Waals surface area contributed by atoms with E-state index in [-0.39, 0.29) is 0 Å². The fourth-order valence-electron chi connectivity index (χ4n) is 0.610. The first-order valence-corrected chi connectivity index (χ1v) is 2.68. The first-order valence-electron chi connectivity index (χ1n) is 2.68. The van der Waals surface area contributed by atoms with E-state index in [9.17, 15) is 0 Å².